The number of carbonyl (C=O) groups excluding carboxylic acids is 2. The molecule has 3 rings (SSSR count). The number of nitrogens with zero attached hydrogens (tertiary/aromatic N) is 3. The molecule has 0 spiro atoms. The molecule has 1 aliphatic rings. The van der Waals surface area contributed by atoms with Gasteiger partial charge in [-0.2, -0.15) is 5.10 Å². The lowest BCUT2D eigenvalue weighted by atomic mass is 10.0. The zero-order valence-corrected chi connectivity index (χ0v) is 16.1. The van der Waals surface area contributed by atoms with Gasteiger partial charge in [-0.25, -0.2) is 9.48 Å². The van der Waals surface area contributed by atoms with Crippen LogP contribution in [0, 0.1) is 6.92 Å². The number of likely N-dealkylation sites (tertiary alicyclic amines) is 1. The van der Waals surface area contributed by atoms with E-state index in [0.29, 0.717) is 24.5 Å². The van der Waals surface area contributed by atoms with Crippen LogP contribution in [0.2, 0.25) is 0 Å². The maximum Gasteiger partial charge on any atom is 0.320 e. The van der Waals surface area contributed by atoms with Crippen molar-refractivity contribution in [3.63, 3.8) is 0 Å². The van der Waals surface area contributed by atoms with Crippen LogP contribution in [-0.4, -0.2) is 45.8 Å². The van der Waals surface area contributed by atoms with Crippen molar-refractivity contribution in [1.29, 1.82) is 0 Å². The molecule has 1 aliphatic heterocycles. The van der Waals surface area contributed by atoms with Gasteiger partial charge in [0.25, 0.3) is 5.91 Å². The average molecular weight is 369 g/mol. The molecule has 0 radical (unpaired) electrons. The van der Waals surface area contributed by atoms with E-state index in [9.17, 15) is 9.59 Å². The molecule has 0 saturated carbocycles. The van der Waals surface area contributed by atoms with E-state index in [4.69, 9.17) is 0 Å². The fraction of sp³-hybridized carbons (Fsp3) is 0.450. The number of nitrogens with one attached hydrogen (secondary N) is 2. The van der Waals surface area contributed by atoms with Crippen molar-refractivity contribution in [2.24, 2.45) is 0 Å². The van der Waals surface area contributed by atoms with E-state index in [1.54, 1.807) is 4.68 Å². The molecule has 7 nitrogen and oxygen atoms in total. The van der Waals surface area contributed by atoms with Crippen LogP contribution in [0.4, 0.5) is 10.6 Å². The molecule has 0 bridgehead atoms. The number of rotatable bonds is 4. The van der Waals surface area contributed by atoms with Gasteiger partial charge in [-0.1, -0.05) is 18.2 Å². The van der Waals surface area contributed by atoms with Gasteiger partial charge < -0.3 is 10.2 Å². The molecule has 144 valence electrons. The molecule has 1 saturated heterocycles. The van der Waals surface area contributed by atoms with Crippen LogP contribution in [0.3, 0.4) is 0 Å². The Bertz CT molecular complexity index is 800. The van der Waals surface area contributed by atoms with Gasteiger partial charge in [-0.15, -0.1) is 0 Å². The SMILES string of the molecule is Cc1cc(NC(=O)NC2CCCN(C(=O)c3ccccc3)C2)n(C(C)C)n1. The van der Waals surface area contributed by atoms with Crippen LogP contribution < -0.4 is 10.6 Å². The van der Waals surface area contributed by atoms with Gasteiger partial charge in [0.2, 0.25) is 0 Å². The molecular weight excluding hydrogens is 342 g/mol. The minimum absolute atomic E-state index is 0.0102. The standard InChI is InChI=1S/C20H27N5O2/c1-14(2)25-18(12-15(3)23-25)22-20(27)21-17-10-7-11-24(13-17)19(26)16-8-5-4-6-9-16/h4-6,8-9,12,14,17H,7,10-11,13H2,1-3H3,(H2,21,22,27). The summed E-state index contributed by atoms with van der Waals surface area (Å²) in [5, 5.41) is 10.3. The maximum atomic E-state index is 12.6. The molecule has 7 heteroatoms. The number of benzene rings is 1. The smallest absolute Gasteiger partial charge is 0.320 e. The quantitative estimate of drug-likeness (QED) is 0.869. The minimum Gasteiger partial charge on any atom is -0.337 e. The Balaban J connectivity index is 1.59. The second kappa shape index (κ2) is 8.24. The van der Waals surface area contributed by atoms with Crippen molar-refractivity contribution in [2.75, 3.05) is 18.4 Å². The van der Waals surface area contributed by atoms with E-state index in [-0.39, 0.29) is 24.0 Å². The second-order valence-electron chi connectivity index (χ2n) is 7.26. The molecule has 1 unspecified atom stereocenters. The van der Waals surface area contributed by atoms with E-state index < -0.39 is 0 Å². The van der Waals surface area contributed by atoms with Gasteiger partial charge in [-0.3, -0.25) is 10.1 Å². The molecule has 27 heavy (non-hydrogen) atoms. The van der Waals surface area contributed by atoms with Crippen molar-refractivity contribution in [2.45, 2.75) is 45.7 Å². The van der Waals surface area contributed by atoms with Crippen molar-refractivity contribution >= 4 is 17.8 Å². The molecule has 1 aromatic heterocycles. The normalized spacial score (nSPS) is 17.0. The summed E-state index contributed by atoms with van der Waals surface area (Å²) in [6, 6.07) is 10.9. The van der Waals surface area contributed by atoms with E-state index in [1.165, 1.54) is 0 Å². The van der Waals surface area contributed by atoms with Crippen LogP contribution >= 0.6 is 0 Å². The number of aryl methyl sites for hydroxylation is 1. The first-order valence-corrected chi connectivity index (χ1v) is 9.42. The van der Waals surface area contributed by atoms with Crippen LogP contribution in [0.5, 0.6) is 0 Å². The Hall–Kier alpha value is -2.83. The summed E-state index contributed by atoms with van der Waals surface area (Å²) in [4.78, 5) is 26.9. The van der Waals surface area contributed by atoms with Crippen LogP contribution in [0.15, 0.2) is 36.4 Å². The number of piperidine rings is 1. The lowest BCUT2D eigenvalue weighted by molar-refractivity contribution is 0.0698. The maximum absolute atomic E-state index is 12.6. The van der Waals surface area contributed by atoms with Gasteiger partial charge >= 0.3 is 6.03 Å². The zero-order valence-electron chi connectivity index (χ0n) is 16.1. The number of hydrogen-bond donors (Lipinski definition) is 2. The van der Waals surface area contributed by atoms with Crippen LogP contribution in [-0.2, 0) is 0 Å². The third-order valence-electron chi connectivity index (χ3n) is 4.65. The largest absolute Gasteiger partial charge is 0.337 e. The van der Waals surface area contributed by atoms with Crippen LogP contribution in [0.25, 0.3) is 0 Å². The summed E-state index contributed by atoms with van der Waals surface area (Å²) in [6.45, 7) is 7.17. The van der Waals surface area contributed by atoms with E-state index >= 15 is 0 Å². The van der Waals surface area contributed by atoms with Gasteiger partial charge in [-0.05, 0) is 45.7 Å². The van der Waals surface area contributed by atoms with Gasteiger partial charge in [0.05, 0.1) is 5.69 Å². The lowest BCUT2D eigenvalue weighted by Gasteiger charge is -2.33. The molecule has 2 N–H and O–H groups in total. The second-order valence-corrected chi connectivity index (χ2v) is 7.26. The van der Waals surface area contributed by atoms with Crippen molar-refractivity contribution < 1.29 is 9.59 Å². The highest BCUT2D eigenvalue weighted by atomic mass is 16.2. The highest BCUT2D eigenvalue weighted by Gasteiger charge is 2.25. The minimum atomic E-state index is -0.268. The number of urea groups is 1. The fourth-order valence-electron chi connectivity index (χ4n) is 3.38. The highest BCUT2D eigenvalue weighted by molar-refractivity contribution is 5.94. The first-order chi connectivity index (χ1) is 12.9. The third-order valence-corrected chi connectivity index (χ3v) is 4.65. The van der Waals surface area contributed by atoms with Crippen molar-refractivity contribution in [3.8, 4) is 0 Å². The van der Waals surface area contributed by atoms with E-state index in [0.717, 1.165) is 18.5 Å². The Morgan fingerprint density at radius 1 is 1.22 bits per heavy atom. The molecule has 1 fully saturated rings. The zero-order chi connectivity index (χ0) is 19.4. The highest BCUT2D eigenvalue weighted by Crippen LogP contribution is 2.17. The average Bonchev–Trinajstić information content (AvgIpc) is 3.02. The predicted octanol–water partition coefficient (Wildman–Crippen LogP) is 3.20. The van der Waals surface area contributed by atoms with E-state index in [1.807, 2.05) is 62.1 Å². The van der Waals surface area contributed by atoms with Crippen LogP contribution in [0.1, 0.15) is 48.8 Å². The number of carbonyl (C=O) groups is 2. The Labute approximate surface area is 159 Å². The Morgan fingerprint density at radius 3 is 2.67 bits per heavy atom. The van der Waals surface area contributed by atoms with Gasteiger partial charge in [0.15, 0.2) is 0 Å². The Kier molecular flexibility index (Phi) is 5.78. The monoisotopic (exact) mass is 369 g/mol. The van der Waals surface area contributed by atoms with Gasteiger partial charge in [0, 0.05) is 36.8 Å². The van der Waals surface area contributed by atoms with Gasteiger partial charge in [0.1, 0.15) is 5.82 Å². The molecule has 1 aromatic carbocycles. The number of amides is 3. The predicted molar refractivity (Wildman–Crippen MR) is 105 cm³/mol. The molecular formula is C20H27N5O2. The molecule has 1 atom stereocenters. The molecule has 2 heterocycles. The first-order valence-electron chi connectivity index (χ1n) is 9.42. The first kappa shape index (κ1) is 18.9. The molecule has 0 aliphatic carbocycles. The lowest BCUT2D eigenvalue weighted by Crippen LogP contribution is -2.50. The summed E-state index contributed by atoms with van der Waals surface area (Å²) in [5.41, 5.74) is 1.54. The number of anilines is 1. The third kappa shape index (κ3) is 4.67. The summed E-state index contributed by atoms with van der Waals surface area (Å²) in [6.07, 6.45) is 1.72. The fourth-order valence-corrected chi connectivity index (χ4v) is 3.38. The van der Waals surface area contributed by atoms with Crippen molar-refractivity contribution in [1.82, 2.24) is 20.0 Å². The van der Waals surface area contributed by atoms with E-state index in [2.05, 4.69) is 15.7 Å². The topological polar surface area (TPSA) is 79.3 Å². The Morgan fingerprint density at radius 2 is 1.96 bits per heavy atom. The summed E-state index contributed by atoms with van der Waals surface area (Å²) in [7, 11) is 0. The number of aromatic nitrogens is 2. The summed E-state index contributed by atoms with van der Waals surface area (Å²) >= 11 is 0. The van der Waals surface area contributed by atoms with Crippen molar-refractivity contribution in [3.05, 3.63) is 47.7 Å². The summed E-state index contributed by atoms with van der Waals surface area (Å²) < 4.78 is 1.79. The molecule has 3 amide bonds. The molecule has 2 aromatic rings. The number of hydrogen-bond acceptors (Lipinski definition) is 3. The summed E-state index contributed by atoms with van der Waals surface area (Å²) in [5.74, 6) is 0.684.